The summed E-state index contributed by atoms with van der Waals surface area (Å²) in [6.07, 6.45) is 3.77. The summed E-state index contributed by atoms with van der Waals surface area (Å²) in [6, 6.07) is 5.73. The molecule has 0 N–H and O–H groups in total. The zero-order chi connectivity index (χ0) is 12.4. The Morgan fingerprint density at radius 2 is 2.18 bits per heavy atom. The van der Waals surface area contributed by atoms with Crippen LogP contribution in [-0.2, 0) is 7.05 Å². The Labute approximate surface area is 112 Å². The summed E-state index contributed by atoms with van der Waals surface area (Å²) >= 11 is 5.03. The van der Waals surface area contributed by atoms with Gasteiger partial charge in [-0.3, -0.25) is 9.48 Å². The second kappa shape index (κ2) is 5.06. The number of aromatic nitrogens is 2. The lowest BCUT2D eigenvalue weighted by Gasteiger charge is -2.03. The van der Waals surface area contributed by atoms with Crippen LogP contribution >= 0.6 is 27.7 Å². The van der Waals surface area contributed by atoms with Crippen LogP contribution in [0, 0.1) is 0 Å². The molecule has 0 unspecified atom stereocenters. The van der Waals surface area contributed by atoms with Crippen molar-refractivity contribution < 1.29 is 4.79 Å². The van der Waals surface area contributed by atoms with E-state index in [0.717, 1.165) is 14.3 Å². The Hall–Kier alpha value is -1.07. The van der Waals surface area contributed by atoms with Gasteiger partial charge >= 0.3 is 0 Å². The molecule has 0 fully saturated rings. The fourth-order valence-corrected chi connectivity index (χ4v) is 3.13. The Morgan fingerprint density at radius 3 is 2.71 bits per heavy atom. The molecule has 1 heterocycles. The van der Waals surface area contributed by atoms with Crippen molar-refractivity contribution in [3.8, 4) is 0 Å². The minimum Gasteiger partial charge on any atom is -0.294 e. The first-order valence-corrected chi connectivity index (χ1v) is 6.64. The molecule has 0 aliphatic heterocycles. The molecule has 0 spiro atoms. The molecule has 17 heavy (non-hydrogen) atoms. The molecule has 2 aromatic rings. The van der Waals surface area contributed by atoms with Crippen LogP contribution in [0.25, 0.3) is 0 Å². The van der Waals surface area contributed by atoms with E-state index in [0.29, 0.717) is 5.56 Å². The summed E-state index contributed by atoms with van der Waals surface area (Å²) in [5.74, 6) is 0.0646. The largest absolute Gasteiger partial charge is 0.294 e. The number of nitrogens with zero attached hydrogens (tertiary/aromatic N) is 2. The van der Waals surface area contributed by atoms with Crippen molar-refractivity contribution in [1.82, 2.24) is 9.78 Å². The van der Waals surface area contributed by atoms with E-state index in [1.54, 1.807) is 23.4 Å². The topological polar surface area (TPSA) is 34.9 Å². The van der Waals surface area contributed by atoms with E-state index >= 15 is 0 Å². The van der Waals surface area contributed by atoms with Crippen LogP contribution in [-0.4, -0.2) is 15.6 Å². The molecule has 0 amide bonds. The van der Waals surface area contributed by atoms with Gasteiger partial charge < -0.3 is 0 Å². The van der Waals surface area contributed by atoms with Crippen LogP contribution in [0.3, 0.4) is 0 Å². The number of hydrogen-bond donors (Lipinski definition) is 0. The van der Waals surface area contributed by atoms with Crippen LogP contribution in [0.4, 0.5) is 0 Å². The molecule has 0 radical (unpaired) electrons. The van der Waals surface area contributed by atoms with Crippen molar-refractivity contribution in [2.45, 2.75) is 16.7 Å². The van der Waals surface area contributed by atoms with Crippen LogP contribution in [0.15, 0.2) is 44.9 Å². The predicted octanol–water partition coefficient (Wildman–Crippen LogP) is 3.54. The van der Waals surface area contributed by atoms with Gasteiger partial charge in [-0.15, -0.1) is 0 Å². The van der Waals surface area contributed by atoms with Crippen molar-refractivity contribution in [2.24, 2.45) is 7.05 Å². The average molecular weight is 311 g/mol. The molecule has 0 aliphatic rings. The summed E-state index contributed by atoms with van der Waals surface area (Å²) < 4.78 is 2.60. The Bertz CT molecular complexity index is 565. The van der Waals surface area contributed by atoms with Crippen molar-refractivity contribution in [3.05, 3.63) is 40.6 Å². The first kappa shape index (κ1) is 12.4. The molecule has 5 heteroatoms. The van der Waals surface area contributed by atoms with Crippen molar-refractivity contribution in [2.75, 3.05) is 0 Å². The number of carbonyl (C=O) groups excluding carboxylic acids is 1. The highest BCUT2D eigenvalue weighted by Gasteiger charge is 2.07. The van der Waals surface area contributed by atoms with E-state index in [-0.39, 0.29) is 5.78 Å². The van der Waals surface area contributed by atoms with Gasteiger partial charge in [-0.25, -0.2) is 0 Å². The molecule has 3 nitrogen and oxygen atoms in total. The molecule has 0 atom stereocenters. The Kier molecular flexibility index (Phi) is 3.69. The minimum absolute atomic E-state index is 0.0646. The van der Waals surface area contributed by atoms with E-state index in [4.69, 9.17) is 0 Å². The molecule has 0 bridgehead atoms. The lowest BCUT2D eigenvalue weighted by molar-refractivity contribution is 0.101. The maximum absolute atomic E-state index is 11.3. The van der Waals surface area contributed by atoms with Gasteiger partial charge in [0.2, 0.25) is 0 Å². The first-order chi connectivity index (χ1) is 8.06. The normalized spacial score (nSPS) is 10.5. The van der Waals surface area contributed by atoms with Crippen molar-refractivity contribution in [3.63, 3.8) is 0 Å². The highest BCUT2D eigenvalue weighted by atomic mass is 79.9. The van der Waals surface area contributed by atoms with Crippen molar-refractivity contribution in [1.29, 1.82) is 0 Å². The second-order valence-electron chi connectivity index (χ2n) is 3.65. The van der Waals surface area contributed by atoms with Gasteiger partial charge in [0.25, 0.3) is 0 Å². The average Bonchev–Trinajstić information content (AvgIpc) is 2.63. The molecule has 1 aromatic heterocycles. The van der Waals surface area contributed by atoms with E-state index in [9.17, 15) is 4.79 Å². The highest BCUT2D eigenvalue weighted by molar-refractivity contribution is 9.10. The maximum atomic E-state index is 11.3. The van der Waals surface area contributed by atoms with Gasteiger partial charge in [-0.2, -0.15) is 5.10 Å². The van der Waals surface area contributed by atoms with E-state index in [1.165, 1.54) is 0 Å². The predicted molar refractivity (Wildman–Crippen MR) is 71.5 cm³/mol. The van der Waals surface area contributed by atoms with E-state index in [2.05, 4.69) is 21.0 Å². The van der Waals surface area contributed by atoms with Gasteiger partial charge in [0, 0.05) is 28.2 Å². The molecular weight excluding hydrogens is 300 g/mol. The van der Waals surface area contributed by atoms with Crippen LogP contribution in [0.5, 0.6) is 0 Å². The number of ketones is 1. The molecule has 0 saturated heterocycles. The minimum atomic E-state index is 0.0646. The number of hydrogen-bond acceptors (Lipinski definition) is 3. The standard InChI is InChI=1S/C12H11BrN2OS/c1-8(16)11-4-3-9(5-12(11)13)17-10-6-14-15(2)7-10/h3-7H,1-2H3. The number of aryl methyl sites for hydroxylation is 1. The monoisotopic (exact) mass is 310 g/mol. The summed E-state index contributed by atoms with van der Waals surface area (Å²) in [5.41, 5.74) is 0.709. The van der Waals surface area contributed by atoms with Gasteiger partial charge in [-0.05, 0) is 25.1 Å². The lowest BCUT2D eigenvalue weighted by Crippen LogP contribution is -1.93. The molecule has 2 rings (SSSR count). The third-order valence-electron chi connectivity index (χ3n) is 2.24. The molecule has 1 aromatic carbocycles. The number of carbonyl (C=O) groups is 1. The number of benzene rings is 1. The van der Waals surface area contributed by atoms with Crippen molar-refractivity contribution >= 4 is 33.5 Å². The van der Waals surface area contributed by atoms with Crippen LogP contribution < -0.4 is 0 Å². The smallest absolute Gasteiger partial charge is 0.160 e. The first-order valence-electron chi connectivity index (χ1n) is 5.03. The zero-order valence-electron chi connectivity index (χ0n) is 9.48. The van der Waals surface area contributed by atoms with Crippen LogP contribution in [0.1, 0.15) is 17.3 Å². The Morgan fingerprint density at radius 1 is 1.41 bits per heavy atom. The molecule has 0 saturated carbocycles. The number of halogens is 1. The van der Waals surface area contributed by atoms with Gasteiger partial charge in [0.05, 0.1) is 11.1 Å². The summed E-state index contributed by atoms with van der Waals surface area (Å²) in [6.45, 7) is 1.56. The summed E-state index contributed by atoms with van der Waals surface area (Å²) in [4.78, 5) is 13.4. The second-order valence-corrected chi connectivity index (χ2v) is 5.65. The maximum Gasteiger partial charge on any atom is 0.160 e. The SMILES string of the molecule is CC(=O)c1ccc(Sc2cnn(C)c2)cc1Br. The summed E-state index contributed by atoms with van der Waals surface area (Å²) in [7, 11) is 1.89. The van der Waals surface area contributed by atoms with Gasteiger partial charge in [-0.1, -0.05) is 27.7 Å². The van der Waals surface area contributed by atoms with Gasteiger partial charge in [0.15, 0.2) is 5.78 Å². The number of rotatable bonds is 3. The fourth-order valence-electron chi connectivity index (χ4n) is 1.43. The highest BCUT2D eigenvalue weighted by Crippen LogP contribution is 2.30. The third kappa shape index (κ3) is 2.98. The molecule has 88 valence electrons. The zero-order valence-corrected chi connectivity index (χ0v) is 11.9. The molecule has 0 aliphatic carbocycles. The van der Waals surface area contributed by atoms with Crippen LogP contribution in [0.2, 0.25) is 0 Å². The molecular formula is C12H11BrN2OS. The van der Waals surface area contributed by atoms with Gasteiger partial charge in [0.1, 0.15) is 0 Å². The third-order valence-corrected chi connectivity index (χ3v) is 3.83. The van der Waals surface area contributed by atoms with E-state index < -0.39 is 0 Å². The lowest BCUT2D eigenvalue weighted by atomic mass is 10.2. The Balaban J connectivity index is 2.23. The van der Waals surface area contributed by atoms with E-state index in [1.807, 2.05) is 37.6 Å². The fraction of sp³-hybridized carbons (Fsp3) is 0.167. The quantitative estimate of drug-likeness (QED) is 0.813. The number of Topliss-reactive ketones (excluding diaryl/α,β-unsaturated/α-hetero) is 1. The summed E-state index contributed by atoms with van der Waals surface area (Å²) in [5, 5.41) is 4.11.